The molecule has 3 fully saturated rings. The van der Waals surface area contributed by atoms with Gasteiger partial charge in [-0.3, -0.25) is 0 Å². The molecule has 0 N–H and O–H groups in total. The molecule has 9 heteroatoms. The van der Waals surface area contributed by atoms with Crippen LogP contribution in [-0.4, -0.2) is 49.5 Å². The van der Waals surface area contributed by atoms with Crippen molar-refractivity contribution in [2.24, 2.45) is 23.7 Å². The lowest BCUT2D eigenvalue weighted by atomic mass is 9.90. The smallest absolute Gasteiger partial charge is 0.266 e. The molecule has 0 aromatic carbocycles. The van der Waals surface area contributed by atoms with E-state index in [0.29, 0.717) is 24.3 Å². The molecule has 2 aromatic rings. The summed E-state index contributed by atoms with van der Waals surface area (Å²) < 4.78 is 34.2. The second kappa shape index (κ2) is 8.07. The molecular weight excluding hydrogens is 416 g/mol. The fourth-order valence-electron chi connectivity index (χ4n) is 4.87. The average molecular weight is 447 g/mol. The van der Waals surface area contributed by atoms with Crippen molar-refractivity contribution in [3.05, 3.63) is 24.2 Å². The van der Waals surface area contributed by atoms with E-state index in [2.05, 4.69) is 26.9 Å². The molecule has 8 nitrogen and oxygen atoms in total. The van der Waals surface area contributed by atoms with Crippen molar-refractivity contribution >= 4 is 15.8 Å². The summed E-state index contributed by atoms with van der Waals surface area (Å²) in [5.41, 5.74) is 0. The predicted octanol–water partition coefficient (Wildman–Crippen LogP) is 3.31. The molecule has 0 amide bonds. The van der Waals surface area contributed by atoms with E-state index in [9.17, 15) is 8.42 Å². The van der Waals surface area contributed by atoms with E-state index in [1.165, 1.54) is 38.1 Å². The number of sulfone groups is 1. The average Bonchev–Trinajstić information content (AvgIpc) is 3.64. The zero-order valence-electron chi connectivity index (χ0n) is 18.1. The Balaban J connectivity index is 1.03. The Hall–Kier alpha value is -2.16. The highest BCUT2D eigenvalue weighted by Gasteiger charge is 2.44. The van der Waals surface area contributed by atoms with E-state index in [1.807, 2.05) is 0 Å². The first-order chi connectivity index (χ1) is 14.9. The van der Waals surface area contributed by atoms with E-state index in [1.54, 1.807) is 12.1 Å². The van der Waals surface area contributed by atoms with Crippen LogP contribution in [0.5, 0.6) is 5.88 Å². The maximum Gasteiger partial charge on any atom is 0.266 e. The van der Waals surface area contributed by atoms with Crippen LogP contribution in [0.1, 0.15) is 50.8 Å². The number of piperidine rings is 1. The van der Waals surface area contributed by atoms with Gasteiger partial charge in [0.1, 0.15) is 0 Å². The van der Waals surface area contributed by atoms with Crippen molar-refractivity contribution in [2.45, 2.75) is 49.8 Å². The van der Waals surface area contributed by atoms with Crippen molar-refractivity contribution in [2.75, 3.05) is 30.9 Å². The summed E-state index contributed by atoms with van der Waals surface area (Å²) >= 11 is 0. The monoisotopic (exact) mass is 446 g/mol. The first-order valence-electron chi connectivity index (χ1n) is 11.3. The Labute approximate surface area is 183 Å². The SMILES string of the molecule is CC1CC1c1nc(N2CCC(C3CC3CCOc3ccc(S(C)(=O)=O)cn3)CC2)no1. The van der Waals surface area contributed by atoms with E-state index in [-0.39, 0.29) is 4.90 Å². The molecule has 31 heavy (non-hydrogen) atoms. The van der Waals surface area contributed by atoms with Gasteiger partial charge in [-0.15, -0.1) is 0 Å². The van der Waals surface area contributed by atoms with Crippen molar-refractivity contribution in [3.63, 3.8) is 0 Å². The lowest BCUT2D eigenvalue weighted by molar-refractivity contribution is 0.275. The second-order valence-electron chi connectivity index (χ2n) is 9.48. The predicted molar refractivity (Wildman–Crippen MR) is 115 cm³/mol. The van der Waals surface area contributed by atoms with Gasteiger partial charge in [-0.2, -0.15) is 4.98 Å². The summed E-state index contributed by atoms with van der Waals surface area (Å²) in [6, 6.07) is 3.17. The number of rotatable bonds is 8. The highest BCUT2D eigenvalue weighted by Crippen LogP contribution is 2.50. The summed E-state index contributed by atoms with van der Waals surface area (Å²) in [7, 11) is -3.22. The van der Waals surface area contributed by atoms with Crippen LogP contribution in [-0.2, 0) is 9.84 Å². The fourth-order valence-corrected chi connectivity index (χ4v) is 5.43. The van der Waals surface area contributed by atoms with Crippen LogP contribution in [0.3, 0.4) is 0 Å². The van der Waals surface area contributed by atoms with Crippen LogP contribution < -0.4 is 9.64 Å². The third-order valence-corrected chi connectivity index (χ3v) is 8.24. The first-order valence-corrected chi connectivity index (χ1v) is 13.1. The van der Waals surface area contributed by atoms with E-state index < -0.39 is 9.84 Å². The van der Waals surface area contributed by atoms with Gasteiger partial charge in [-0.05, 0) is 67.0 Å². The molecular formula is C22H30N4O4S. The van der Waals surface area contributed by atoms with Gasteiger partial charge in [0.15, 0.2) is 9.84 Å². The number of nitrogens with zero attached hydrogens (tertiary/aromatic N) is 4. The third-order valence-electron chi connectivity index (χ3n) is 7.14. The van der Waals surface area contributed by atoms with Crippen molar-refractivity contribution < 1.29 is 17.7 Å². The van der Waals surface area contributed by atoms with Crippen LogP contribution in [0.25, 0.3) is 0 Å². The van der Waals surface area contributed by atoms with Gasteiger partial charge in [-0.25, -0.2) is 13.4 Å². The molecule has 4 atom stereocenters. The Morgan fingerprint density at radius 2 is 2.00 bits per heavy atom. The van der Waals surface area contributed by atoms with Gasteiger partial charge >= 0.3 is 0 Å². The van der Waals surface area contributed by atoms with Crippen LogP contribution in [0.15, 0.2) is 27.7 Å². The molecule has 168 valence electrons. The molecule has 3 heterocycles. The normalized spacial score (nSPS) is 28.5. The fraction of sp³-hybridized carbons (Fsp3) is 0.682. The summed E-state index contributed by atoms with van der Waals surface area (Å²) in [4.78, 5) is 11.2. The molecule has 0 radical (unpaired) electrons. The molecule has 2 aliphatic carbocycles. The first kappa shape index (κ1) is 20.7. The molecule has 3 aliphatic rings. The number of pyridine rings is 1. The van der Waals surface area contributed by atoms with Gasteiger partial charge in [-0.1, -0.05) is 6.92 Å². The van der Waals surface area contributed by atoms with Crippen LogP contribution >= 0.6 is 0 Å². The summed E-state index contributed by atoms with van der Waals surface area (Å²) in [6.45, 7) is 4.85. The quantitative estimate of drug-likeness (QED) is 0.609. The number of anilines is 1. The summed E-state index contributed by atoms with van der Waals surface area (Å²) in [6.07, 6.45) is 8.36. The molecule has 0 spiro atoms. The van der Waals surface area contributed by atoms with Crippen molar-refractivity contribution in [1.82, 2.24) is 15.1 Å². The van der Waals surface area contributed by atoms with E-state index >= 15 is 0 Å². The minimum Gasteiger partial charge on any atom is -0.478 e. The second-order valence-corrected chi connectivity index (χ2v) is 11.5. The van der Waals surface area contributed by atoms with Gasteiger partial charge in [0.2, 0.25) is 11.8 Å². The van der Waals surface area contributed by atoms with Gasteiger partial charge < -0.3 is 14.2 Å². The standard InChI is InChI=1S/C22H30N4O4S/c1-14-11-18(14)21-24-22(25-30-21)26-8-5-15(6-9-26)19-12-16(19)7-10-29-20-4-3-17(13-23-20)31(2,27)28/h3-4,13-16,18-19H,5-12H2,1-2H3. The van der Waals surface area contributed by atoms with E-state index in [0.717, 1.165) is 49.1 Å². The lowest BCUT2D eigenvalue weighted by Gasteiger charge is -2.31. The van der Waals surface area contributed by atoms with Crippen LogP contribution in [0, 0.1) is 23.7 Å². The zero-order valence-corrected chi connectivity index (χ0v) is 18.9. The third kappa shape index (κ3) is 4.71. The zero-order chi connectivity index (χ0) is 21.6. The molecule has 1 saturated heterocycles. The van der Waals surface area contributed by atoms with Crippen LogP contribution in [0.4, 0.5) is 5.95 Å². The van der Waals surface area contributed by atoms with Crippen molar-refractivity contribution in [1.29, 1.82) is 0 Å². The maximum absolute atomic E-state index is 11.5. The topological polar surface area (TPSA) is 98.4 Å². The minimum atomic E-state index is -3.22. The molecule has 5 rings (SSSR count). The minimum absolute atomic E-state index is 0.215. The van der Waals surface area contributed by atoms with Crippen LogP contribution in [0.2, 0.25) is 0 Å². The van der Waals surface area contributed by atoms with Gasteiger partial charge in [0.05, 0.1) is 11.5 Å². The number of hydrogen-bond acceptors (Lipinski definition) is 8. The molecule has 2 saturated carbocycles. The summed E-state index contributed by atoms with van der Waals surface area (Å²) in [5, 5.41) is 4.21. The van der Waals surface area contributed by atoms with Gasteiger partial charge in [0, 0.05) is 37.5 Å². The summed E-state index contributed by atoms with van der Waals surface area (Å²) in [5.74, 6) is 5.49. The highest BCUT2D eigenvalue weighted by molar-refractivity contribution is 7.90. The Bertz CT molecular complexity index is 1010. The number of hydrogen-bond donors (Lipinski definition) is 0. The lowest BCUT2D eigenvalue weighted by Crippen LogP contribution is -2.35. The molecule has 4 unspecified atom stereocenters. The molecule has 1 aliphatic heterocycles. The Morgan fingerprint density at radius 1 is 1.23 bits per heavy atom. The largest absolute Gasteiger partial charge is 0.478 e. The Morgan fingerprint density at radius 3 is 2.65 bits per heavy atom. The molecule has 2 aromatic heterocycles. The van der Waals surface area contributed by atoms with Crippen molar-refractivity contribution in [3.8, 4) is 5.88 Å². The van der Waals surface area contributed by atoms with Gasteiger partial charge in [0.25, 0.3) is 5.95 Å². The highest BCUT2D eigenvalue weighted by atomic mass is 32.2. The molecule has 0 bridgehead atoms. The Kier molecular flexibility index (Phi) is 5.40. The number of ether oxygens (including phenoxy) is 1. The number of aromatic nitrogens is 3. The maximum atomic E-state index is 11.5. The van der Waals surface area contributed by atoms with E-state index in [4.69, 9.17) is 9.26 Å².